The van der Waals surface area contributed by atoms with Crippen molar-refractivity contribution in [1.82, 2.24) is 0 Å². The second-order valence-corrected chi connectivity index (χ2v) is 6.54. The molecule has 0 aliphatic carbocycles. The van der Waals surface area contributed by atoms with Crippen LogP contribution in [-0.2, 0) is 11.2 Å². The topological polar surface area (TPSA) is 37.3 Å². The fourth-order valence-electron chi connectivity index (χ4n) is 2.21. The molecule has 0 spiro atoms. The number of thioether (sulfide) groups is 1. The lowest BCUT2D eigenvalue weighted by atomic mass is 10.0. The number of benzene rings is 1. The number of carboxylic acid groups (broad SMARTS) is 1. The van der Waals surface area contributed by atoms with E-state index in [1.165, 1.54) is 44.1 Å². The van der Waals surface area contributed by atoms with Crippen LogP contribution in [-0.4, -0.2) is 22.1 Å². The molecule has 1 heterocycles. The maximum absolute atomic E-state index is 8.36. The van der Waals surface area contributed by atoms with Gasteiger partial charge in [0.15, 0.2) is 0 Å². The molecule has 2 atom stereocenters. The number of carbonyl (C=O) groups is 1. The molecule has 1 fully saturated rings. The lowest BCUT2D eigenvalue weighted by molar-refractivity contribution is -0.122. The molecule has 0 amide bonds. The van der Waals surface area contributed by atoms with E-state index in [0.717, 1.165) is 10.5 Å². The van der Waals surface area contributed by atoms with Crippen LogP contribution in [0, 0.1) is 0 Å². The first-order valence-corrected chi connectivity index (χ1v) is 7.99. The summed E-state index contributed by atoms with van der Waals surface area (Å²) in [5, 5.41) is 8.86. The Kier molecular flexibility index (Phi) is 8.39. The summed E-state index contributed by atoms with van der Waals surface area (Å²) < 4.78 is 0. The molecule has 2 unspecified atom stereocenters. The highest BCUT2D eigenvalue weighted by Gasteiger charge is 2.32. The van der Waals surface area contributed by atoms with Gasteiger partial charge < -0.3 is 5.11 Å². The van der Waals surface area contributed by atoms with E-state index < -0.39 is 0 Å². The maximum atomic E-state index is 8.36. The van der Waals surface area contributed by atoms with Crippen LogP contribution in [0.5, 0.6) is 0 Å². The average Bonchev–Trinajstić information content (AvgIpc) is 3.12. The first-order chi connectivity index (χ1) is 9.27. The van der Waals surface area contributed by atoms with Crippen LogP contribution in [0.4, 0.5) is 0 Å². The van der Waals surface area contributed by atoms with Crippen molar-refractivity contribution >= 4 is 18.2 Å². The van der Waals surface area contributed by atoms with Crippen LogP contribution in [0.3, 0.4) is 0 Å². The summed E-state index contributed by atoms with van der Waals surface area (Å²) in [5.41, 5.74) is 1.49. The average molecular weight is 280 g/mol. The summed E-state index contributed by atoms with van der Waals surface area (Å²) in [7, 11) is 0. The van der Waals surface area contributed by atoms with Gasteiger partial charge in [-0.15, -0.1) is 0 Å². The van der Waals surface area contributed by atoms with Gasteiger partial charge in [-0.2, -0.15) is 11.8 Å². The molecule has 0 radical (unpaired) electrons. The summed E-state index contributed by atoms with van der Waals surface area (Å²) in [5.74, 6) is 0. The molecule has 1 aliphatic rings. The van der Waals surface area contributed by atoms with Gasteiger partial charge in [0.05, 0.1) is 0 Å². The first-order valence-electron chi connectivity index (χ1n) is 7.05. The third-order valence-electron chi connectivity index (χ3n) is 3.38. The molecule has 106 valence electrons. The van der Waals surface area contributed by atoms with Gasteiger partial charge in [0.25, 0.3) is 6.47 Å². The summed E-state index contributed by atoms with van der Waals surface area (Å²) in [6.45, 7) is 2.10. The summed E-state index contributed by atoms with van der Waals surface area (Å²) >= 11 is 2.15. The normalized spacial score (nSPS) is 20.3. The summed E-state index contributed by atoms with van der Waals surface area (Å²) in [4.78, 5) is 8.36. The number of unbranched alkanes of at least 4 members (excludes halogenated alkanes) is 3. The molecular weight excluding hydrogens is 256 g/mol. The third-order valence-corrected chi connectivity index (χ3v) is 4.82. The minimum Gasteiger partial charge on any atom is -0.483 e. The Hall–Kier alpha value is -0.960. The molecule has 0 bridgehead atoms. The van der Waals surface area contributed by atoms with Crippen molar-refractivity contribution in [3.8, 4) is 0 Å². The van der Waals surface area contributed by atoms with E-state index in [0.29, 0.717) is 0 Å². The molecule has 19 heavy (non-hydrogen) atoms. The molecular formula is C16H24O2S. The van der Waals surface area contributed by atoms with Crippen molar-refractivity contribution in [1.29, 1.82) is 0 Å². The zero-order valence-corrected chi connectivity index (χ0v) is 12.4. The predicted octanol–water partition coefficient (Wildman–Crippen LogP) is 4.38. The number of aryl methyl sites for hydroxylation is 1. The Balaban J connectivity index is 0.000000550. The first kappa shape index (κ1) is 16.1. The van der Waals surface area contributed by atoms with Gasteiger partial charge in [0.2, 0.25) is 0 Å². The molecule has 1 saturated heterocycles. The highest BCUT2D eigenvalue weighted by atomic mass is 32.2. The van der Waals surface area contributed by atoms with Gasteiger partial charge in [0, 0.05) is 10.5 Å². The minimum atomic E-state index is -0.250. The van der Waals surface area contributed by atoms with E-state index in [-0.39, 0.29) is 6.47 Å². The van der Waals surface area contributed by atoms with Crippen molar-refractivity contribution in [3.63, 3.8) is 0 Å². The standard InChI is InChI=1S/C15H22S.CH2O2/c1-13-15(16-13)12-8-3-2-5-9-14-10-6-4-7-11-14;2-1-3/h4,6-7,10-11,13,15H,2-3,5,8-9,12H2,1H3;1H,(H,2,3). The van der Waals surface area contributed by atoms with Crippen LogP contribution in [0.2, 0.25) is 0 Å². The van der Waals surface area contributed by atoms with E-state index in [4.69, 9.17) is 9.90 Å². The van der Waals surface area contributed by atoms with Gasteiger partial charge in [-0.3, -0.25) is 4.79 Å². The Morgan fingerprint density at radius 1 is 1.16 bits per heavy atom. The molecule has 1 aliphatic heterocycles. The summed E-state index contributed by atoms with van der Waals surface area (Å²) in [6.07, 6.45) is 8.35. The van der Waals surface area contributed by atoms with Gasteiger partial charge in [0.1, 0.15) is 0 Å². The molecule has 2 nitrogen and oxygen atoms in total. The van der Waals surface area contributed by atoms with Crippen LogP contribution in [0.25, 0.3) is 0 Å². The number of hydrogen-bond donors (Lipinski definition) is 1. The van der Waals surface area contributed by atoms with Crippen molar-refractivity contribution in [2.75, 3.05) is 0 Å². The van der Waals surface area contributed by atoms with Gasteiger partial charge in [-0.1, -0.05) is 56.5 Å². The second kappa shape index (κ2) is 9.90. The number of rotatable bonds is 7. The largest absolute Gasteiger partial charge is 0.483 e. The summed E-state index contributed by atoms with van der Waals surface area (Å²) in [6, 6.07) is 10.9. The van der Waals surface area contributed by atoms with E-state index >= 15 is 0 Å². The molecule has 1 aromatic rings. The maximum Gasteiger partial charge on any atom is 0.290 e. The van der Waals surface area contributed by atoms with Gasteiger partial charge in [-0.05, 0) is 24.8 Å². The second-order valence-electron chi connectivity index (χ2n) is 4.92. The SMILES string of the molecule is CC1SC1CCCCCCc1ccccc1.O=CO. The number of hydrogen-bond acceptors (Lipinski definition) is 2. The van der Waals surface area contributed by atoms with Gasteiger partial charge in [-0.25, -0.2) is 0 Å². The Morgan fingerprint density at radius 2 is 1.74 bits per heavy atom. The monoisotopic (exact) mass is 280 g/mol. The molecule has 3 heteroatoms. The Bertz CT molecular complexity index is 340. The van der Waals surface area contributed by atoms with Crippen LogP contribution in [0.15, 0.2) is 30.3 Å². The zero-order valence-electron chi connectivity index (χ0n) is 11.6. The lowest BCUT2D eigenvalue weighted by Gasteiger charge is -2.01. The molecule has 0 saturated carbocycles. The van der Waals surface area contributed by atoms with Crippen molar-refractivity contribution in [2.24, 2.45) is 0 Å². The Labute approximate surface area is 120 Å². The van der Waals surface area contributed by atoms with Gasteiger partial charge >= 0.3 is 0 Å². The van der Waals surface area contributed by atoms with E-state index in [1.54, 1.807) is 0 Å². The quantitative estimate of drug-likeness (QED) is 0.457. The molecule has 1 aromatic carbocycles. The highest BCUT2D eigenvalue weighted by Crippen LogP contribution is 2.43. The fraction of sp³-hybridized carbons (Fsp3) is 0.562. The third kappa shape index (κ3) is 7.93. The molecule has 2 rings (SSSR count). The lowest BCUT2D eigenvalue weighted by Crippen LogP contribution is -1.90. The fourth-order valence-corrected chi connectivity index (χ4v) is 3.11. The van der Waals surface area contributed by atoms with Crippen molar-refractivity contribution < 1.29 is 9.90 Å². The highest BCUT2D eigenvalue weighted by molar-refractivity contribution is 8.07. The van der Waals surface area contributed by atoms with Crippen molar-refractivity contribution in [2.45, 2.75) is 55.9 Å². The van der Waals surface area contributed by atoms with Crippen LogP contribution < -0.4 is 0 Å². The smallest absolute Gasteiger partial charge is 0.290 e. The van der Waals surface area contributed by atoms with E-state index in [2.05, 4.69) is 49.0 Å². The predicted molar refractivity (Wildman–Crippen MR) is 82.8 cm³/mol. The van der Waals surface area contributed by atoms with Crippen LogP contribution in [0.1, 0.15) is 44.6 Å². The van der Waals surface area contributed by atoms with E-state index in [1.807, 2.05) is 0 Å². The zero-order chi connectivity index (χ0) is 13.9. The molecule has 1 N–H and O–H groups in total. The minimum absolute atomic E-state index is 0.250. The van der Waals surface area contributed by atoms with Crippen LogP contribution >= 0.6 is 11.8 Å². The van der Waals surface area contributed by atoms with E-state index in [9.17, 15) is 0 Å². The molecule has 0 aromatic heterocycles. The Morgan fingerprint density at radius 3 is 2.32 bits per heavy atom. The van der Waals surface area contributed by atoms with Crippen molar-refractivity contribution in [3.05, 3.63) is 35.9 Å².